The Balaban J connectivity index is 1.50. The molecule has 1 aliphatic heterocycles. The van der Waals surface area contributed by atoms with E-state index in [0.29, 0.717) is 11.0 Å². The van der Waals surface area contributed by atoms with Gasteiger partial charge in [-0.05, 0) is 67.8 Å². The first-order chi connectivity index (χ1) is 13.3. The zero-order chi connectivity index (χ0) is 20.1. The smallest absolute Gasteiger partial charge is 0.131 e. The van der Waals surface area contributed by atoms with Crippen LogP contribution in [-0.4, -0.2) is 29.5 Å². The van der Waals surface area contributed by atoms with Crippen molar-refractivity contribution in [2.45, 2.75) is 46.5 Å². The maximum Gasteiger partial charge on any atom is 0.131 e. The lowest BCUT2D eigenvalue weighted by atomic mass is 9.89. The molecule has 2 heterocycles. The van der Waals surface area contributed by atoms with E-state index in [-0.39, 0.29) is 5.82 Å². The van der Waals surface area contributed by atoms with Crippen molar-refractivity contribution in [1.29, 1.82) is 0 Å². The monoisotopic (exact) mass is 380 g/mol. The van der Waals surface area contributed by atoms with Crippen LogP contribution in [0.3, 0.4) is 0 Å². The summed E-state index contributed by atoms with van der Waals surface area (Å²) in [6.45, 7) is 14.2. The van der Waals surface area contributed by atoms with Crippen molar-refractivity contribution < 1.29 is 4.39 Å². The summed E-state index contributed by atoms with van der Waals surface area (Å²) >= 11 is 0. The van der Waals surface area contributed by atoms with Gasteiger partial charge >= 0.3 is 0 Å². The predicted molar refractivity (Wildman–Crippen MR) is 117 cm³/mol. The topological polar surface area (TPSA) is 16.1 Å². The Morgan fingerprint density at radius 1 is 1.18 bits per heavy atom. The second kappa shape index (κ2) is 9.00. The highest BCUT2D eigenvalue weighted by molar-refractivity contribution is 5.62. The largest absolute Gasteiger partial charge is 0.303 e. The van der Waals surface area contributed by atoms with Crippen LogP contribution in [0.25, 0.3) is 17.3 Å². The number of rotatable bonds is 6. The number of aromatic nitrogens is 1. The van der Waals surface area contributed by atoms with E-state index in [9.17, 15) is 4.39 Å². The van der Waals surface area contributed by atoms with Crippen LogP contribution >= 0.6 is 0 Å². The normalized spacial score (nSPS) is 16.3. The van der Waals surface area contributed by atoms with E-state index < -0.39 is 0 Å². The second-order valence-electron chi connectivity index (χ2n) is 9.31. The molecular weight excluding hydrogens is 347 g/mol. The number of likely N-dealkylation sites (tertiary alicyclic amines) is 1. The summed E-state index contributed by atoms with van der Waals surface area (Å²) in [5.74, 6) is 0.563. The third-order valence-corrected chi connectivity index (χ3v) is 5.59. The van der Waals surface area contributed by atoms with Crippen molar-refractivity contribution in [1.82, 2.24) is 9.88 Å². The minimum Gasteiger partial charge on any atom is -0.303 e. The van der Waals surface area contributed by atoms with Crippen LogP contribution in [0.5, 0.6) is 0 Å². The molecule has 0 unspecified atom stereocenters. The van der Waals surface area contributed by atoms with Crippen LogP contribution in [0.4, 0.5) is 4.39 Å². The third-order valence-electron chi connectivity index (χ3n) is 5.59. The molecule has 0 amide bonds. The fourth-order valence-electron chi connectivity index (χ4n) is 4.07. The van der Waals surface area contributed by atoms with Crippen LogP contribution in [0, 0.1) is 17.2 Å². The van der Waals surface area contributed by atoms with Gasteiger partial charge in [0.1, 0.15) is 5.82 Å². The van der Waals surface area contributed by atoms with Gasteiger partial charge in [0.25, 0.3) is 0 Å². The molecule has 3 rings (SSSR count). The van der Waals surface area contributed by atoms with Crippen LogP contribution in [0.15, 0.2) is 43.1 Å². The lowest BCUT2D eigenvalue weighted by Gasteiger charge is -2.36. The van der Waals surface area contributed by atoms with Gasteiger partial charge in [0.05, 0.1) is 5.69 Å². The van der Waals surface area contributed by atoms with Gasteiger partial charge in [0.15, 0.2) is 0 Å². The van der Waals surface area contributed by atoms with E-state index in [0.717, 1.165) is 23.6 Å². The van der Waals surface area contributed by atoms with E-state index in [1.807, 2.05) is 18.3 Å². The minimum atomic E-state index is -0.254. The molecule has 1 saturated heterocycles. The molecule has 28 heavy (non-hydrogen) atoms. The molecule has 2 nitrogen and oxygen atoms in total. The van der Waals surface area contributed by atoms with E-state index in [1.165, 1.54) is 56.6 Å². The molecule has 0 radical (unpaired) electrons. The highest BCUT2D eigenvalue weighted by Gasteiger charge is 2.22. The Bertz CT molecular complexity index is 781. The van der Waals surface area contributed by atoms with Gasteiger partial charge in [-0.25, -0.2) is 4.39 Å². The Morgan fingerprint density at radius 2 is 1.93 bits per heavy atom. The van der Waals surface area contributed by atoms with Crippen molar-refractivity contribution >= 4 is 6.08 Å². The van der Waals surface area contributed by atoms with Crippen molar-refractivity contribution in [2.75, 3.05) is 19.6 Å². The van der Waals surface area contributed by atoms with E-state index >= 15 is 0 Å². The Labute approximate surface area is 169 Å². The number of aryl methyl sites for hydroxylation is 1. The van der Waals surface area contributed by atoms with E-state index in [1.54, 1.807) is 6.07 Å². The van der Waals surface area contributed by atoms with E-state index in [4.69, 9.17) is 0 Å². The molecule has 2 aromatic rings. The highest BCUT2D eigenvalue weighted by Crippen LogP contribution is 2.26. The predicted octanol–water partition coefficient (Wildman–Crippen LogP) is 6.22. The SMILES string of the molecule is C=Cc1ccc(-c2ccc(CCC3CCN(CC(C)(C)C)CC3)cn2)cc1F. The quantitative estimate of drug-likeness (QED) is 0.591. The maximum atomic E-state index is 14.0. The first-order valence-electron chi connectivity index (χ1n) is 10.4. The number of benzene rings is 1. The van der Waals surface area contributed by atoms with Crippen LogP contribution in [0.2, 0.25) is 0 Å². The van der Waals surface area contributed by atoms with Crippen molar-refractivity contribution in [3.63, 3.8) is 0 Å². The molecule has 150 valence electrons. The standard InChI is InChI=1S/C25H33FN2/c1-5-21-9-10-22(16-23(21)26)24-11-8-20(17-27-24)7-6-19-12-14-28(15-13-19)18-25(2,3)4/h5,8-11,16-17,19H,1,6-7,12-15,18H2,2-4H3. The third kappa shape index (κ3) is 5.75. The molecule has 0 aliphatic carbocycles. The molecule has 0 atom stereocenters. The number of hydrogen-bond acceptors (Lipinski definition) is 2. The second-order valence-corrected chi connectivity index (χ2v) is 9.31. The van der Waals surface area contributed by atoms with Gasteiger partial charge in [-0.15, -0.1) is 0 Å². The summed E-state index contributed by atoms with van der Waals surface area (Å²) in [4.78, 5) is 7.18. The van der Waals surface area contributed by atoms with Crippen molar-refractivity contribution in [3.05, 3.63) is 60.1 Å². The van der Waals surface area contributed by atoms with Gasteiger partial charge in [-0.1, -0.05) is 51.6 Å². The van der Waals surface area contributed by atoms with Gasteiger partial charge in [0.2, 0.25) is 0 Å². The summed E-state index contributed by atoms with van der Waals surface area (Å²) in [6.07, 6.45) is 8.38. The first kappa shape index (κ1) is 20.7. The zero-order valence-corrected chi connectivity index (χ0v) is 17.5. The van der Waals surface area contributed by atoms with Crippen molar-refractivity contribution in [2.24, 2.45) is 11.3 Å². The van der Waals surface area contributed by atoms with Gasteiger partial charge in [-0.2, -0.15) is 0 Å². The number of pyridine rings is 1. The molecule has 0 bridgehead atoms. The summed E-state index contributed by atoms with van der Waals surface area (Å²) in [5.41, 5.74) is 3.79. The first-order valence-corrected chi connectivity index (χ1v) is 10.4. The van der Waals surface area contributed by atoms with Gasteiger partial charge in [-0.3, -0.25) is 4.98 Å². The van der Waals surface area contributed by atoms with Gasteiger partial charge < -0.3 is 4.90 Å². The Morgan fingerprint density at radius 3 is 2.50 bits per heavy atom. The van der Waals surface area contributed by atoms with Gasteiger partial charge in [0, 0.05) is 23.9 Å². The lowest BCUT2D eigenvalue weighted by Crippen LogP contribution is -2.39. The Kier molecular flexibility index (Phi) is 6.66. The fraction of sp³-hybridized carbons (Fsp3) is 0.480. The Hall–Kier alpha value is -2.00. The lowest BCUT2D eigenvalue weighted by molar-refractivity contribution is 0.133. The average Bonchev–Trinajstić information content (AvgIpc) is 2.66. The number of hydrogen-bond donors (Lipinski definition) is 0. The maximum absolute atomic E-state index is 14.0. The molecular formula is C25H33FN2. The van der Waals surface area contributed by atoms with E-state index in [2.05, 4.69) is 43.3 Å². The highest BCUT2D eigenvalue weighted by atomic mass is 19.1. The molecule has 3 heteroatoms. The van der Waals surface area contributed by atoms with Crippen LogP contribution in [-0.2, 0) is 6.42 Å². The summed E-state index contributed by atoms with van der Waals surface area (Å²) in [6, 6.07) is 9.32. The van der Waals surface area contributed by atoms with Crippen molar-refractivity contribution in [3.8, 4) is 11.3 Å². The summed E-state index contributed by atoms with van der Waals surface area (Å²) in [7, 11) is 0. The number of nitrogens with zero attached hydrogens (tertiary/aromatic N) is 2. The number of piperidine rings is 1. The minimum absolute atomic E-state index is 0.254. The molecule has 1 fully saturated rings. The molecule has 1 aliphatic rings. The molecule has 1 aromatic carbocycles. The molecule has 1 aromatic heterocycles. The average molecular weight is 381 g/mol. The zero-order valence-electron chi connectivity index (χ0n) is 17.5. The molecule has 0 saturated carbocycles. The molecule has 0 spiro atoms. The molecule has 0 N–H and O–H groups in total. The summed E-state index contributed by atoms with van der Waals surface area (Å²) < 4.78 is 14.0. The fourth-order valence-corrected chi connectivity index (χ4v) is 4.07. The summed E-state index contributed by atoms with van der Waals surface area (Å²) in [5, 5.41) is 0. The number of halogens is 1. The van der Waals surface area contributed by atoms with Crippen LogP contribution in [0.1, 0.15) is 51.2 Å². The van der Waals surface area contributed by atoms with Crippen LogP contribution < -0.4 is 0 Å².